The number of halogens is 1. The van der Waals surface area contributed by atoms with Gasteiger partial charge in [0.1, 0.15) is 5.82 Å². The Balaban J connectivity index is 0.000000591. The molecule has 0 N–H and O–H groups in total. The number of rotatable bonds is 5. The van der Waals surface area contributed by atoms with Crippen molar-refractivity contribution in [3.63, 3.8) is 0 Å². The third kappa shape index (κ3) is 5.39. The van der Waals surface area contributed by atoms with Crippen LogP contribution in [0.25, 0.3) is 11.1 Å². The molecule has 0 aromatic heterocycles. The number of benzene rings is 2. The fraction of sp³-hybridized carbons (Fsp3) is 0.269. The second-order valence-corrected chi connectivity index (χ2v) is 7.86. The Labute approximate surface area is 174 Å². The van der Waals surface area contributed by atoms with Gasteiger partial charge in [0.05, 0.1) is 6.54 Å². The van der Waals surface area contributed by atoms with E-state index in [0.29, 0.717) is 23.9 Å². The van der Waals surface area contributed by atoms with Gasteiger partial charge in [0, 0.05) is 20.1 Å². The number of likely N-dealkylation sites (tertiary alicyclic amines) is 1. The van der Waals surface area contributed by atoms with E-state index in [1.165, 1.54) is 17.7 Å². The summed E-state index contributed by atoms with van der Waals surface area (Å²) in [5, 5.41) is 0. The third-order valence-electron chi connectivity index (χ3n) is 5.63. The summed E-state index contributed by atoms with van der Waals surface area (Å²) in [4.78, 5) is 15.0. The first-order chi connectivity index (χ1) is 14.0. The molecule has 2 unspecified atom stereocenters. The van der Waals surface area contributed by atoms with Crippen molar-refractivity contribution in [1.29, 1.82) is 0 Å². The monoisotopic (exact) mass is 391 g/mol. The van der Waals surface area contributed by atoms with Crippen LogP contribution in [0.3, 0.4) is 0 Å². The fourth-order valence-electron chi connectivity index (χ4n) is 4.29. The molecule has 29 heavy (non-hydrogen) atoms. The molecular weight excluding hydrogens is 361 g/mol. The van der Waals surface area contributed by atoms with Gasteiger partial charge in [-0.3, -0.25) is 9.69 Å². The zero-order valence-corrected chi connectivity index (χ0v) is 16.8. The fourth-order valence-corrected chi connectivity index (χ4v) is 4.29. The smallest absolute Gasteiger partial charge is 0.176 e. The van der Waals surface area contributed by atoms with E-state index < -0.39 is 0 Å². The lowest BCUT2D eigenvalue weighted by Crippen LogP contribution is -2.28. The van der Waals surface area contributed by atoms with Crippen molar-refractivity contribution >= 4 is 5.78 Å². The number of fused-ring (bicyclic) bond motifs is 1. The summed E-state index contributed by atoms with van der Waals surface area (Å²) < 4.78 is 13.4. The van der Waals surface area contributed by atoms with Crippen LogP contribution in [-0.4, -0.2) is 30.3 Å². The van der Waals surface area contributed by atoms with Crippen molar-refractivity contribution in [2.75, 3.05) is 19.6 Å². The first kappa shape index (κ1) is 20.9. The topological polar surface area (TPSA) is 20.3 Å². The Kier molecular flexibility index (Phi) is 6.95. The molecule has 3 heteroatoms. The average Bonchev–Trinajstić information content (AvgIpc) is 3.24. The van der Waals surface area contributed by atoms with Crippen LogP contribution < -0.4 is 0 Å². The number of carbonyl (C=O) groups excluding carboxylic acids is 1. The summed E-state index contributed by atoms with van der Waals surface area (Å²) in [6.45, 7) is 13.3. The normalized spacial score (nSPS) is 20.5. The van der Waals surface area contributed by atoms with E-state index in [1.807, 2.05) is 30.3 Å². The molecule has 1 saturated heterocycles. The van der Waals surface area contributed by atoms with Crippen LogP contribution >= 0.6 is 0 Å². The van der Waals surface area contributed by atoms with E-state index in [4.69, 9.17) is 0 Å². The minimum Gasteiger partial charge on any atom is -0.295 e. The first-order valence-corrected chi connectivity index (χ1v) is 10.0. The minimum absolute atomic E-state index is 0. The molecule has 4 rings (SSSR count). The zero-order chi connectivity index (χ0) is 20.8. The molecule has 2 atom stereocenters. The molecule has 0 radical (unpaired) electrons. The highest BCUT2D eigenvalue weighted by atomic mass is 19.1. The molecule has 0 amide bonds. The number of hydrogen-bond acceptors (Lipinski definition) is 2. The standard InChI is InChI=1S/C22H22FNO.C4H6.H2/c1-15-8-19-12-24(13-20(19)9-15)14-22(25)18-6-2-4-16(10-18)17-5-3-7-21(23)11-17;1-3-4-2;/h2-7,10-11,19-20H,1,8-9,12-14H2;3-4H,1-2H2;1H. The van der Waals surface area contributed by atoms with Gasteiger partial charge in [0.2, 0.25) is 0 Å². The Hall–Kier alpha value is -2.78. The van der Waals surface area contributed by atoms with Gasteiger partial charge in [0.25, 0.3) is 0 Å². The molecule has 152 valence electrons. The molecule has 1 saturated carbocycles. The van der Waals surface area contributed by atoms with Gasteiger partial charge in [-0.25, -0.2) is 4.39 Å². The number of carbonyl (C=O) groups is 1. The quantitative estimate of drug-likeness (QED) is 0.345. The summed E-state index contributed by atoms with van der Waals surface area (Å²) in [5.41, 5.74) is 3.73. The maximum absolute atomic E-state index is 13.4. The SMILES string of the molecule is C=C1CC2CN(CC(=O)c3cccc(-c4cccc(F)c4)c3)CC2C1.C=CC=C.[HH]. The first-order valence-electron chi connectivity index (χ1n) is 10.0. The molecule has 2 nitrogen and oxygen atoms in total. The van der Waals surface area contributed by atoms with Crippen LogP contribution in [-0.2, 0) is 0 Å². The Morgan fingerprint density at radius 3 is 2.21 bits per heavy atom. The predicted octanol–water partition coefficient (Wildman–Crippen LogP) is 6.18. The molecule has 2 fully saturated rings. The number of nitrogens with zero attached hydrogens (tertiary/aromatic N) is 1. The molecule has 0 bridgehead atoms. The van der Waals surface area contributed by atoms with E-state index in [-0.39, 0.29) is 13.0 Å². The molecule has 1 aliphatic carbocycles. The number of hydrogen-bond donors (Lipinski definition) is 0. The van der Waals surface area contributed by atoms with Crippen molar-refractivity contribution in [1.82, 2.24) is 4.90 Å². The van der Waals surface area contributed by atoms with E-state index in [0.717, 1.165) is 37.1 Å². The van der Waals surface area contributed by atoms with Crippen molar-refractivity contribution in [2.24, 2.45) is 11.8 Å². The maximum atomic E-state index is 13.4. The lowest BCUT2D eigenvalue weighted by molar-refractivity contribution is 0.0941. The molecule has 1 aliphatic heterocycles. The van der Waals surface area contributed by atoms with Crippen molar-refractivity contribution < 1.29 is 10.6 Å². The number of allylic oxidation sites excluding steroid dienone is 3. The Morgan fingerprint density at radius 1 is 1.03 bits per heavy atom. The lowest BCUT2D eigenvalue weighted by Gasteiger charge is -2.16. The van der Waals surface area contributed by atoms with Crippen molar-refractivity contribution in [3.8, 4) is 11.1 Å². The van der Waals surface area contributed by atoms with E-state index in [1.54, 1.807) is 18.2 Å². The highest BCUT2D eigenvalue weighted by Crippen LogP contribution is 2.40. The van der Waals surface area contributed by atoms with E-state index in [2.05, 4.69) is 24.6 Å². The van der Waals surface area contributed by atoms with Gasteiger partial charge in [-0.15, -0.1) is 0 Å². The van der Waals surface area contributed by atoms with E-state index in [9.17, 15) is 9.18 Å². The van der Waals surface area contributed by atoms with Gasteiger partial charge >= 0.3 is 0 Å². The van der Waals surface area contributed by atoms with E-state index >= 15 is 0 Å². The minimum atomic E-state index is -0.264. The molecule has 2 aromatic carbocycles. The number of Topliss-reactive ketones (excluding diaryl/α,β-unsaturated/α-hetero) is 1. The number of ketones is 1. The van der Waals surface area contributed by atoms with Crippen molar-refractivity contribution in [2.45, 2.75) is 12.8 Å². The summed E-state index contributed by atoms with van der Waals surface area (Å²) in [7, 11) is 0. The molecule has 2 aromatic rings. The van der Waals surface area contributed by atoms with Crippen LogP contribution in [0.2, 0.25) is 0 Å². The maximum Gasteiger partial charge on any atom is 0.176 e. The average molecular weight is 392 g/mol. The Bertz CT molecular complexity index is 901. The molecule has 0 spiro atoms. The lowest BCUT2D eigenvalue weighted by atomic mass is 10.0. The van der Waals surface area contributed by atoms with Gasteiger partial charge < -0.3 is 0 Å². The van der Waals surface area contributed by atoms with Gasteiger partial charge in [-0.1, -0.05) is 67.8 Å². The molecule has 2 aliphatic rings. The highest BCUT2D eigenvalue weighted by Gasteiger charge is 2.38. The van der Waals surface area contributed by atoms with Gasteiger partial charge in [0.15, 0.2) is 5.78 Å². The predicted molar refractivity (Wildman–Crippen MR) is 120 cm³/mol. The Morgan fingerprint density at radius 2 is 1.62 bits per heavy atom. The molecular formula is C26H30FNO. The van der Waals surface area contributed by atoms with Crippen LogP contribution in [0.15, 0.2) is 86.0 Å². The van der Waals surface area contributed by atoms with Crippen molar-refractivity contribution in [3.05, 3.63) is 97.4 Å². The van der Waals surface area contributed by atoms with Crippen LogP contribution in [0.1, 0.15) is 24.6 Å². The van der Waals surface area contributed by atoms with Crippen LogP contribution in [0, 0.1) is 17.7 Å². The van der Waals surface area contributed by atoms with Gasteiger partial charge in [-0.05, 0) is 54.0 Å². The zero-order valence-electron chi connectivity index (χ0n) is 16.8. The summed E-state index contributed by atoms with van der Waals surface area (Å²) in [6.07, 6.45) is 5.51. The summed E-state index contributed by atoms with van der Waals surface area (Å²) in [5.74, 6) is 1.23. The van der Waals surface area contributed by atoms with Crippen LogP contribution in [0.5, 0.6) is 0 Å². The summed E-state index contributed by atoms with van der Waals surface area (Å²) >= 11 is 0. The largest absolute Gasteiger partial charge is 0.295 e. The molecule has 1 heterocycles. The van der Waals surface area contributed by atoms with Gasteiger partial charge in [-0.2, -0.15) is 0 Å². The second kappa shape index (κ2) is 9.62. The summed E-state index contributed by atoms with van der Waals surface area (Å²) in [6, 6.07) is 14.0. The highest BCUT2D eigenvalue weighted by molar-refractivity contribution is 5.98. The third-order valence-corrected chi connectivity index (χ3v) is 5.63. The second-order valence-electron chi connectivity index (χ2n) is 7.86. The van der Waals surface area contributed by atoms with Crippen LogP contribution in [0.4, 0.5) is 4.39 Å².